The molecule has 1 aromatic heterocycles. The monoisotopic (exact) mass is 515 g/mol. The van der Waals surface area contributed by atoms with Crippen molar-refractivity contribution in [3.63, 3.8) is 0 Å². The number of amides is 5. The first kappa shape index (κ1) is 26.9. The van der Waals surface area contributed by atoms with Gasteiger partial charge < -0.3 is 26.2 Å². The Kier molecular flexibility index (Phi) is 7.06. The van der Waals surface area contributed by atoms with E-state index in [4.69, 9.17) is 5.73 Å². The lowest BCUT2D eigenvalue weighted by molar-refractivity contribution is -0.175. The summed E-state index contributed by atoms with van der Waals surface area (Å²) in [7, 11) is 1.22. The normalized spacial score (nSPS) is 22.8. The number of alkyl halides is 3. The lowest BCUT2D eigenvalue weighted by Gasteiger charge is -2.35. The van der Waals surface area contributed by atoms with Gasteiger partial charge in [0.1, 0.15) is 23.9 Å². The summed E-state index contributed by atoms with van der Waals surface area (Å²) in [6.45, 7) is 4.35. The second-order valence-corrected chi connectivity index (χ2v) is 9.49. The molecule has 2 aliphatic heterocycles. The number of rotatable bonds is 7. The van der Waals surface area contributed by atoms with Crippen LogP contribution in [0.1, 0.15) is 33.6 Å². The van der Waals surface area contributed by atoms with E-state index in [2.05, 4.69) is 10.4 Å². The van der Waals surface area contributed by atoms with Crippen LogP contribution in [0.4, 0.5) is 19.0 Å². The van der Waals surface area contributed by atoms with E-state index < -0.39 is 59.4 Å². The van der Waals surface area contributed by atoms with Gasteiger partial charge in [0.25, 0.3) is 5.91 Å². The van der Waals surface area contributed by atoms with Gasteiger partial charge in [-0.05, 0) is 19.3 Å². The molecule has 1 aromatic rings. The third-order valence-electron chi connectivity index (χ3n) is 6.43. The van der Waals surface area contributed by atoms with Gasteiger partial charge in [-0.1, -0.05) is 13.8 Å². The van der Waals surface area contributed by atoms with Gasteiger partial charge in [-0.3, -0.25) is 24.0 Å². The Morgan fingerprint density at radius 2 is 1.94 bits per heavy atom. The van der Waals surface area contributed by atoms with Gasteiger partial charge in [0, 0.05) is 19.5 Å². The van der Waals surface area contributed by atoms with Crippen LogP contribution >= 0.6 is 0 Å². The molecule has 3 rings (SSSR count). The molecule has 0 aromatic carbocycles. The van der Waals surface area contributed by atoms with Crippen molar-refractivity contribution in [2.45, 2.75) is 63.5 Å². The molecule has 1 unspecified atom stereocenters. The van der Waals surface area contributed by atoms with Crippen LogP contribution in [0.3, 0.4) is 0 Å². The predicted octanol–water partition coefficient (Wildman–Crippen LogP) is -0.443. The summed E-state index contributed by atoms with van der Waals surface area (Å²) in [6, 6.07) is -2.43. The van der Waals surface area contributed by atoms with E-state index >= 15 is 0 Å². The van der Waals surface area contributed by atoms with Gasteiger partial charge in [-0.25, -0.2) is 4.68 Å². The number of nitrogens with zero attached hydrogens (tertiary/aromatic N) is 4. The predicted molar refractivity (Wildman–Crippen MR) is 118 cm³/mol. The smallest absolute Gasteiger partial charge is 0.368 e. The number of carbonyl (C=O) groups excluding carboxylic acids is 5. The number of fused-ring (bicyclic) bond motifs is 2. The fourth-order valence-electron chi connectivity index (χ4n) is 4.62. The van der Waals surface area contributed by atoms with Gasteiger partial charge in [0.15, 0.2) is 5.54 Å². The number of nitrogens with one attached hydrogen (secondary N) is 2. The van der Waals surface area contributed by atoms with Crippen LogP contribution < -0.4 is 16.4 Å². The molecule has 0 radical (unpaired) electrons. The maximum Gasteiger partial charge on any atom is 0.471 e. The lowest BCUT2D eigenvalue weighted by Crippen LogP contribution is -2.57. The average molecular weight is 515 g/mol. The van der Waals surface area contributed by atoms with Gasteiger partial charge in [-0.2, -0.15) is 18.3 Å². The second kappa shape index (κ2) is 9.43. The van der Waals surface area contributed by atoms with E-state index in [9.17, 15) is 37.1 Å². The first-order valence-electron chi connectivity index (χ1n) is 11.2. The molecule has 5 amide bonds. The Bertz CT molecular complexity index is 1090. The van der Waals surface area contributed by atoms with E-state index in [1.54, 1.807) is 25.2 Å². The molecule has 36 heavy (non-hydrogen) atoms. The summed E-state index contributed by atoms with van der Waals surface area (Å²) >= 11 is 0. The SMILES string of the molecule is CC(C)C[C@@H](C(=O)N1CC2(C[C@H]1C(N)=O)C(=O)Nc1ccnn12)N(C)C(=O)[C@H](C)NC(=O)C(F)(F)F. The van der Waals surface area contributed by atoms with Crippen molar-refractivity contribution >= 4 is 35.4 Å². The summed E-state index contributed by atoms with van der Waals surface area (Å²) in [4.78, 5) is 65.2. The number of carbonyl (C=O) groups is 5. The zero-order valence-corrected chi connectivity index (χ0v) is 20.1. The highest BCUT2D eigenvalue weighted by Crippen LogP contribution is 2.41. The fourth-order valence-corrected chi connectivity index (χ4v) is 4.62. The molecule has 2 aliphatic rings. The van der Waals surface area contributed by atoms with E-state index in [-0.39, 0.29) is 25.3 Å². The number of hydrogen-bond acceptors (Lipinski definition) is 6. The zero-order chi connectivity index (χ0) is 27.2. The Hall–Kier alpha value is -3.65. The lowest BCUT2D eigenvalue weighted by atomic mass is 9.96. The summed E-state index contributed by atoms with van der Waals surface area (Å²) in [5.41, 5.74) is 4.19. The molecule has 1 saturated heterocycles. The number of nitrogens with two attached hydrogens (primary N) is 1. The molecule has 3 heterocycles. The van der Waals surface area contributed by atoms with Crippen molar-refractivity contribution < 1.29 is 37.1 Å². The second-order valence-electron chi connectivity index (χ2n) is 9.49. The van der Waals surface area contributed by atoms with Crippen molar-refractivity contribution in [3.8, 4) is 0 Å². The number of likely N-dealkylation sites (tertiary alicyclic amines) is 1. The Labute approximate surface area is 204 Å². The summed E-state index contributed by atoms with van der Waals surface area (Å²) in [5.74, 6) is -5.03. The highest BCUT2D eigenvalue weighted by atomic mass is 19.4. The largest absolute Gasteiger partial charge is 0.471 e. The standard InChI is InChI=1S/C21H28F3N7O5/c1-10(2)7-12(29(4)16(33)11(3)27-19(36)21(22,23)24)17(34)30-9-20(8-13(30)15(25)32)18(35)28-14-5-6-26-31(14)20/h5-6,10-13H,7-9H2,1-4H3,(H2,25,32)(H,27,36)(H,28,35)/t11-,12-,13-,20?/m0/s1. The molecule has 12 nitrogen and oxygen atoms in total. The molecule has 1 fully saturated rings. The Balaban J connectivity index is 1.89. The summed E-state index contributed by atoms with van der Waals surface area (Å²) in [6.07, 6.45) is -3.79. The van der Waals surface area contributed by atoms with Crippen molar-refractivity contribution in [1.82, 2.24) is 24.9 Å². The summed E-state index contributed by atoms with van der Waals surface area (Å²) < 4.78 is 39.3. The van der Waals surface area contributed by atoms with Crippen LogP contribution in [-0.4, -0.2) is 87.0 Å². The van der Waals surface area contributed by atoms with Crippen LogP contribution in [0.15, 0.2) is 12.3 Å². The third kappa shape index (κ3) is 4.73. The van der Waals surface area contributed by atoms with Crippen molar-refractivity contribution in [2.24, 2.45) is 11.7 Å². The number of likely N-dealkylation sites (N-methyl/N-ethyl adjacent to an activating group) is 1. The van der Waals surface area contributed by atoms with E-state index in [1.807, 2.05) is 0 Å². The first-order valence-corrected chi connectivity index (χ1v) is 11.2. The molecule has 0 aliphatic carbocycles. The van der Waals surface area contributed by atoms with Crippen molar-refractivity contribution in [3.05, 3.63) is 12.3 Å². The maximum atomic E-state index is 13.7. The maximum absolute atomic E-state index is 13.7. The average Bonchev–Trinajstić information content (AvgIpc) is 3.46. The van der Waals surface area contributed by atoms with E-state index in [0.29, 0.717) is 5.82 Å². The van der Waals surface area contributed by atoms with Crippen LogP contribution in [-0.2, 0) is 29.5 Å². The fraction of sp³-hybridized carbons (Fsp3) is 0.619. The van der Waals surface area contributed by atoms with Crippen LogP contribution in [0.5, 0.6) is 0 Å². The molecule has 0 bridgehead atoms. The molecular formula is C21H28F3N7O5. The van der Waals surface area contributed by atoms with Crippen LogP contribution in [0.2, 0.25) is 0 Å². The van der Waals surface area contributed by atoms with Gasteiger partial charge >= 0.3 is 12.1 Å². The van der Waals surface area contributed by atoms with Gasteiger partial charge in [0.05, 0.1) is 12.7 Å². The zero-order valence-electron chi connectivity index (χ0n) is 20.1. The number of aromatic nitrogens is 2. The topological polar surface area (TPSA) is 160 Å². The molecule has 198 valence electrons. The minimum atomic E-state index is -5.19. The Morgan fingerprint density at radius 3 is 2.50 bits per heavy atom. The number of primary amides is 1. The third-order valence-corrected chi connectivity index (χ3v) is 6.43. The summed E-state index contributed by atoms with van der Waals surface area (Å²) in [5, 5.41) is 8.37. The van der Waals surface area contributed by atoms with Crippen LogP contribution in [0.25, 0.3) is 0 Å². The number of hydrogen-bond donors (Lipinski definition) is 3. The Morgan fingerprint density at radius 1 is 1.31 bits per heavy atom. The minimum absolute atomic E-state index is 0.0925. The highest BCUT2D eigenvalue weighted by molar-refractivity contribution is 6.03. The molecule has 4 atom stereocenters. The quantitative estimate of drug-likeness (QED) is 0.446. The van der Waals surface area contributed by atoms with Crippen LogP contribution in [0, 0.1) is 5.92 Å². The minimum Gasteiger partial charge on any atom is -0.368 e. The van der Waals surface area contributed by atoms with Crippen molar-refractivity contribution in [2.75, 3.05) is 18.9 Å². The molecular weight excluding hydrogens is 487 g/mol. The van der Waals surface area contributed by atoms with Gasteiger partial charge in [0.2, 0.25) is 17.7 Å². The van der Waals surface area contributed by atoms with Crippen molar-refractivity contribution in [1.29, 1.82) is 0 Å². The molecule has 0 saturated carbocycles. The molecule has 15 heteroatoms. The number of anilines is 1. The first-order chi connectivity index (χ1) is 16.6. The van der Waals surface area contributed by atoms with Gasteiger partial charge in [-0.15, -0.1) is 0 Å². The molecule has 1 spiro atoms. The molecule has 4 N–H and O–H groups in total. The van der Waals surface area contributed by atoms with E-state index in [1.165, 1.54) is 17.9 Å². The highest BCUT2D eigenvalue weighted by Gasteiger charge is 2.58. The van der Waals surface area contributed by atoms with E-state index in [0.717, 1.165) is 16.7 Å². The number of halogens is 3.